The number of benzene rings is 2. The fourth-order valence-corrected chi connectivity index (χ4v) is 2.61. The van der Waals surface area contributed by atoms with Gasteiger partial charge in [-0.3, -0.25) is 19.3 Å². The molecule has 1 aliphatic heterocycles. The first kappa shape index (κ1) is 18.1. The zero-order valence-corrected chi connectivity index (χ0v) is 14.2. The molecule has 0 aliphatic carbocycles. The molecule has 138 valence electrons. The van der Waals surface area contributed by atoms with Crippen LogP contribution in [0.2, 0.25) is 0 Å². The molecule has 1 aliphatic rings. The summed E-state index contributed by atoms with van der Waals surface area (Å²) in [5.41, 5.74) is 1.32. The number of ether oxygens (including phenoxy) is 1. The molecule has 0 aromatic heterocycles. The largest absolute Gasteiger partial charge is 0.482 e. The maximum absolute atomic E-state index is 12.3. The summed E-state index contributed by atoms with van der Waals surface area (Å²) < 4.78 is 5.02. The molecule has 0 unspecified atom stereocenters. The van der Waals surface area contributed by atoms with Gasteiger partial charge in [0.15, 0.2) is 6.61 Å². The Balaban J connectivity index is 1.63. The van der Waals surface area contributed by atoms with Crippen LogP contribution in [0.3, 0.4) is 0 Å². The van der Waals surface area contributed by atoms with Gasteiger partial charge in [-0.15, -0.1) is 0 Å². The van der Waals surface area contributed by atoms with Crippen molar-refractivity contribution >= 4 is 35.1 Å². The Kier molecular flexibility index (Phi) is 5.16. The van der Waals surface area contributed by atoms with Gasteiger partial charge in [-0.1, -0.05) is 0 Å². The van der Waals surface area contributed by atoms with Crippen molar-refractivity contribution in [2.75, 3.05) is 16.8 Å². The monoisotopic (exact) mass is 368 g/mol. The van der Waals surface area contributed by atoms with Crippen LogP contribution >= 0.6 is 0 Å². The van der Waals surface area contributed by atoms with E-state index in [1.54, 1.807) is 36.4 Å². The highest BCUT2D eigenvalue weighted by atomic mass is 16.5. The molecule has 8 nitrogen and oxygen atoms in total. The number of nitrogens with one attached hydrogen (secondary N) is 1. The summed E-state index contributed by atoms with van der Waals surface area (Å²) >= 11 is 0. The Hall–Kier alpha value is -3.68. The maximum Gasteiger partial charge on any atom is 0.341 e. The van der Waals surface area contributed by atoms with Crippen molar-refractivity contribution in [2.24, 2.45) is 0 Å². The van der Waals surface area contributed by atoms with Crippen molar-refractivity contribution in [3.8, 4) is 5.75 Å². The Morgan fingerprint density at radius 2 is 1.56 bits per heavy atom. The van der Waals surface area contributed by atoms with E-state index in [1.807, 2.05) is 0 Å². The number of rotatable bonds is 6. The number of aliphatic carboxylic acids is 1. The lowest BCUT2D eigenvalue weighted by molar-refractivity contribution is -0.139. The Labute approximate surface area is 154 Å². The number of carboxylic acid groups (broad SMARTS) is 1. The maximum atomic E-state index is 12.3. The van der Waals surface area contributed by atoms with Gasteiger partial charge in [0.25, 0.3) is 5.91 Å². The van der Waals surface area contributed by atoms with E-state index in [0.29, 0.717) is 22.7 Å². The van der Waals surface area contributed by atoms with Crippen LogP contribution in [-0.4, -0.2) is 35.4 Å². The first-order chi connectivity index (χ1) is 12.9. The zero-order valence-electron chi connectivity index (χ0n) is 14.2. The number of imide groups is 1. The van der Waals surface area contributed by atoms with E-state index in [4.69, 9.17) is 9.84 Å². The van der Waals surface area contributed by atoms with Crippen molar-refractivity contribution in [2.45, 2.75) is 12.8 Å². The number of carbonyl (C=O) groups excluding carboxylic acids is 3. The highest BCUT2D eigenvalue weighted by Crippen LogP contribution is 2.23. The summed E-state index contributed by atoms with van der Waals surface area (Å²) in [6.45, 7) is -0.444. The van der Waals surface area contributed by atoms with Crippen molar-refractivity contribution in [1.29, 1.82) is 0 Å². The Morgan fingerprint density at radius 1 is 0.963 bits per heavy atom. The lowest BCUT2D eigenvalue weighted by Gasteiger charge is -2.14. The highest BCUT2D eigenvalue weighted by molar-refractivity contribution is 6.20. The fourth-order valence-electron chi connectivity index (χ4n) is 2.61. The molecule has 2 aromatic rings. The zero-order chi connectivity index (χ0) is 19.4. The third-order valence-electron chi connectivity index (χ3n) is 3.91. The van der Waals surface area contributed by atoms with E-state index in [-0.39, 0.29) is 30.6 Å². The molecular formula is C19H16N2O6. The second kappa shape index (κ2) is 7.69. The molecule has 1 saturated heterocycles. The van der Waals surface area contributed by atoms with Crippen LogP contribution < -0.4 is 15.0 Å². The van der Waals surface area contributed by atoms with E-state index in [1.165, 1.54) is 12.1 Å². The number of hydrogen-bond acceptors (Lipinski definition) is 5. The molecule has 0 spiro atoms. The van der Waals surface area contributed by atoms with Crippen LogP contribution in [0.1, 0.15) is 23.2 Å². The summed E-state index contributed by atoms with van der Waals surface area (Å²) in [6.07, 6.45) is 0.403. The molecule has 8 heteroatoms. The van der Waals surface area contributed by atoms with Crippen LogP contribution in [0.5, 0.6) is 5.75 Å². The molecule has 27 heavy (non-hydrogen) atoms. The topological polar surface area (TPSA) is 113 Å². The third-order valence-corrected chi connectivity index (χ3v) is 3.91. The molecular weight excluding hydrogens is 352 g/mol. The quantitative estimate of drug-likeness (QED) is 0.755. The molecule has 3 amide bonds. The van der Waals surface area contributed by atoms with Gasteiger partial charge in [0.05, 0.1) is 5.69 Å². The Bertz CT molecular complexity index is 873. The predicted molar refractivity (Wildman–Crippen MR) is 95.7 cm³/mol. The van der Waals surface area contributed by atoms with Gasteiger partial charge in [0.1, 0.15) is 5.75 Å². The van der Waals surface area contributed by atoms with Crippen LogP contribution in [-0.2, 0) is 14.4 Å². The van der Waals surface area contributed by atoms with E-state index >= 15 is 0 Å². The molecule has 2 N–H and O–H groups in total. The molecule has 3 rings (SSSR count). The smallest absolute Gasteiger partial charge is 0.341 e. The van der Waals surface area contributed by atoms with Crippen LogP contribution in [0.15, 0.2) is 48.5 Å². The van der Waals surface area contributed by atoms with Gasteiger partial charge >= 0.3 is 5.97 Å². The minimum Gasteiger partial charge on any atom is -0.482 e. The van der Waals surface area contributed by atoms with Gasteiger partial charge in [-0.25, -0.2) is 4.79 Å². The molecule has 1 fully saturated rings. The SMILES string of the molecule is O=C(O)COc1ccc(NC(=O)c2ccc(N3C(=O)CCC3=O)cc2)cc1. The standard InChI is InChI=1S/C19H16N2O6/c22-16-9-10-17(23)21(16)14-5-1-12(2-6-14)19(26)20-13-3-7-15(8-4-13)27-11-18(24)25/h1-8H,9-11H2,(H,20,26)(H,24,25). The second-order valence-corrected chi connectivity index (χ2v) is 5.83. The predicted octanol–water partition coefficient (Wildman–Crippen LogP) is 2.06. The van der Waals surface area contributed by atoms with Crippen LogP contribution in [0, 0.1) is 0 Å². The highest BCUT2D eigenvalue weighted by Gasteiger charge is 2.30. The minimum absolute atomic E-state index is 0.202. The lowest BCUT2D eigenvalue weighted by Crippen LogP contribution is -2.28. The normalized spacial score (nSPS) is 13.6. The van der Waals surface area contributed by atoms with E-state index in [9.17, 15) is 19.2 Å². The molecule has 1 heterocycles. The van der Waals surface area contributed by atoms with Crippen molar-refractivity contribution < 1.29 is 29.0 Å². The van der Waals surface area contributed by atoms with Gasteiger partial charge in [0.2, 0.25) is 11.8 Å². The summed E-state index contributed by atoms with van der Waals surface area (Å²) in [6, 6.07) is 12.5. The summed E-state index contributed by atoms with van der Waals surface area (Å²) in [7, 11) is 0. The number of carboxylic acids is 1. The molecule has 2 aromatic carbocycles. The van der Waals surface area contributed by atoms with Crippen LogP contribution in [0.25, 0.3) is 0 Å². The number of carbonyl (C=O) groups is 4. The van der Waals surface area contributed by atoms with Gasteiger partial charge in [-0.05, 0) is 48.5 Å². The van der Waals surface area contributed by atoms with E-state index in [0.717, 1.165) is 4.90 Å². The van der Waals surface area contributed by atoms with Crippen LogP contribution in [0.4, 0.5) is 11.4 Å². The molecule has 0 bridgehead atoms. The fraction of sp³-hybridized carbons (Fsp3) is 0.158. The van der Waals surface area contributed by atoms with Gasteiger partial charge in [-0.2, -0.15) is 0 Å². The summed E-state index contributed by atoms with van der Waals surface area (Å²) in [5.74, 6) is -1.56. The average molecular weight is 368 g/mol. The number of nitrogens with zero attached hydrogens (tertiary/aromatic N) is 1. The first-order valence-electron chi connectivity index (χ1n) is 8.16. The van der Waals surface area contributed by atoms with Crippen molar-refractivity contribution in [1.82, 2.24) is 0 Å². The van der Waals surface area contributed by atoms with Gasteiger partial charge in [0, 0.05) is 24.1 Å². The minimum atomic E-state index is -1.08. The third kappa shape index (κ3) is 4.30. The lowest BCUT2D eigenvalue weighted by atomic mass is 10.1. The Morgan fingerprint density at radius 3 is 2.11 bits per heavy atom. The van der Waals surface area contributed by atoms with Crippen molar-refractivity contribution in [3.05, 3.63) is 54.1 Å². The first-order valence-corrected chi connectivity index (χ1v) is 8.16. The number of hydrogen-bond donors (Lipinski definition) is 2. The molecule has 0 radical (unpaired) electrons. The van der Waals surface area contributed by atoms with Crippen molar-refractivity contribution in [3.63, 3.8) is 0 Å². The average Bonchev–Trinajstić information content (AvgIpc) is 2.99. The van der Waals surface area contributed by atoms with E-state index < -0.39 is 12.6 Å². The van der Waals surface area contributed by atoms with E-state index in [2.05, 4.69) is 5.32 Å². The number of amides is 3. The van der Waals surface area contributed by atoms with Gasteiger partial charge < -0.3 is 15.2 Å². The summed E-state index contributed by atoms with van der Waals surface area (Å²) in [5, 5.41) is 11.3. The molecule has 0 atom stereocenters. The second-order valence-electron chi connectivity index (χ2n) is 5.83. The molecule has 0 saturated carbocycles. The number of anilines is 2. The summed E-state index contributed by atoms with van der Waals surface area (Å²) in [4.78, 5) is 47.4.